The molecule has 0 aromatic heterocycles. The van der Waals surface area contributed by atoms with Crippen molar-refractivity contribution in [3.63, 3.8) is 0 Å². The minimum atomic E-state index is -0.272. The van der Waals surface area contributed by atoms with Crippen molar-refractivity contribution < 1.29 is 9.90 Å². The Balaban J connectivity index is 1.45. The largest absolute Gasteiger partial charge is 0.394 e. The van der Waals surface area contributed by atoms with Gasteiger partial charge in [0.05, 0.1) is 18.6 Å². The maximum Gasteiger partial charge on any atom is 0.227 e. The van der Waals surface area contributed by atoms with Crippen LogP contribution in [0.3, 0.4) is 0 Å². The number of amides is 1. The molecule has 2 fully saturated rings. The molecule has 0 saturated carbocycles. The van der Waals surface area contributed by atoms with Crippen LogP contribution in [0.4, 0.5) is 0 Å². The van der Waals surface area contributed by atoms with E-state index >= 15 is 0 Å². The SMILES string of the molecule is C[C@@]1(CO)CN(Cc2ccccc2)C[C@@H]2CN(C(=O)Cc3ccccc3)CCN21. The zero-order valence-corrected chi connectivity index (χ0v) is 17.2. The molecule has 2 aliphatic rings. The van der Waals surface area contributed by atoms with Gasteiger partial charge in [-0.2, -0.15) is 0 Å². The van der Waals surface area contributed by atoms with Crippen LogP contribution in [0.5, 0.6) is 0 Å². The summed E-state index contributed by atoms with van der Waals surface area (Å²) in [5, 5.41) is 10.2. The Kier molecular flexibility index (Phi) is 5.99. The molecule has 0 bridgehead atoms. The Morgan fingerprint density at radius 1 is 1.00 bits per heavy atom. The summed E-state index contributed by atoms with van der Waals surface area (Å²) in [5.41, 5.74) is 2.08. The van der Waals surface area contributed by atoms with Crippen LogP contribution >= 0.6 is 0 Å². The first-order valence-electron chi connectivity index (χ1n) is 10.5. The number of carbonyl (C=O) groups excluding carboxylic acids is 1. The fourth-order valence-electron chi connectivity index (χ4n) is 4.87. The van der Waals surface area contributed by atoms with Crippen LogP contribution in [-0.4, -0.2) is 76.6 Å². The molecule has 0 spiro atoms. The zero-order valence-electron chi connectivity index (χ0n) is 17.2. The molecule has 0 radical (unpaired) electrons. The van der Waals surface area contributed by atoms with E-state index in [0.717, 1.165) is 44.8 Å². The van der Waals surface area contributed by atoms with Gasteiger partial charge in [0.15, 0.2) is 0 Å². The van der Waals surface area contributed by atoms with E-state index in [9.17, 15) is 9.90 Å². The van der Waals surface area contributed by atoms with Gasteiger partial charge in [-0.05, 0) is 18.1 Å². The number of hydrogen-bond acceptors (Lipinski definition) is 4. The normalized spacial score (nSPS) is 25.6. The molecule has 2 aromatic carbocycles. The maximum absolute atomic E-state index is 12.9. The monoisotopic (exact) mass is 393 g/mol. The number of carbonyl (C=O) groups is 1. The van der Waals surface area contributed by atoms with Gasteiger partial charge in [0, 0.05) is 45.3 Å². The summed E-state index contributed by atoms with van der Waals surface area (Å²) >= 11 is 0. The number of rotatable bonds is 5. The van der Waals surface area contributed by atoms with Crippen LogP contribution in [0.25, 0.3) is 0 Å². The minimum Gasteiger partial charge on any atom is -0.394 e. The highest BCUT2D eigenvalue weighted by Gasteiger charge is 2.45. The molecular weight excluding hydrogens is 362 g/mol. The summed E-state index contributed by atoms with van der Waals surface area (Å²) in [5.74, 6) is 0.196. The highest BCUT2D eigenvalue weighted by Crippen LogP contribution is 2.29. The molecule has 1 amide bonds. The van der Waals surface area contributed by atoms with Gasteiger partial charge >= 0.3 is 0 Å². The van der Waals surface area contributed by atoms with Crippen molar-refractivity contribution >= 4 is 5.91 Å². The predicted octanol–water partition coefficient (Wildman–Crippen LogP) is 2.01. The molecule has 0 aliphatic carbocycles. The molecule has 2 atom stereocenters. The second-order valence-electron chi connectivity index (χ2n) is 8.66. The second-order valence-corrected chi connectivity index (χ2v) is 8.66. The van der Waals surface area contributed by atoms with Crippen LogP contribution in [0.1, 0.15) is 18.1 Å². The molecule has 5 heteroatoms. The van der Waals surface area contributed by atoms with Crippen LogP contribution in [0.15, 0.2) is 60.7 Å². The standard InChI is InChI=1S/C24H31N3O2/c1-24(19-28)18-25(15-21-10-6-3-7-11-21)16-22-17-26(12-13-27(22)24)23(29)14-20-8-4-2-5-9-20/h2-11,22,28H,12-19H2,1H3/t22-,24+/m1/s1. The fourth-order valence-corrected chi connectivity index (χ4v) is 4.87. The third-order valence-corrected chi connectivity index (χ3v) is 6.35. The van der Waals surface area contributed by atoms with E-state index in [1.807, 2.05) is 41.3 Å². The molecule has 5 nitrogen and oxygen atoms in total. The van der Waals surface area contributed by atoms with E-state index in [-0.39, 0.29) is 24.1 Å². The van der Waals surface area contributed by atoms with Gasteiger partial charge in [-0.1, -0.05) is 60.7 Å². The lowest BCUT2D eigenvalue weighted by Gasteiger charge is -2.56. The molecular formula is C24H31N3O2. The van der Waals surface area contributed by atoms with E-state index in [0.29, 0.717) is 6.42 Å². The highest BCUT2D eigenvalue weighted by atomic mass is 16.3. The first kappa shape index (κ1) is 20.1. The quantitative estimate of drug-likeness (QED) is 0.844. The molecule has 2 saturated heterocycles. The van der Waals surface area contributed by atoms with E-state index in [1.165, 1.54) is 5.56 Å². The number of benzene rings is 2. The van der Waals surface area contributed by atoms with Crippen LogP contribution in [0, 0.1) is 0 Å². The second kappa shape index (κ2) is 8.66. The summed E-state index contributed by atoms with van der Waals surface area (Å²) in [7, 11) is 0. The van der Waals surface area contributed by atoms with E-state index in [1.54, 1.807) is 0 Å². The van der Waals surface area contributed by atoms with Crippen molar-refractivity contribution in [1.29, 1.82) is 0 Å². The highest BCUT2D eigenvalue weighted by molar-refractivity contribution is 5.79. The van der Waals surface area contributed by atoms with Crippen LogP contribution in [-0.2, 0) is 17.8 Å². The van der Waals surface area contributed by atoms with Gasteiger partial charge in [0.2, 0.25) is 5.91 Å². The number of hydrogen-bond donors (Lipinski definition) is 1. The van der Waals surface area contributed by atoms with E-state index in [2.05, 4.69) is 41.0 Å². The van der Waals surface area contributed by atoms with Crippen molar-refractivity contribution in [2.45, 2.75) is 31.5 Å². The van der Waals surface area contributed by atoms with Crippen molar-refractivity contribution in [1.82, 2.24) is 14.7 Å². The van der Waals surface area contributed by atoms with Gasteiger partial charge in [0.1, 0.15) is 0 Å². The number of aliphatic hydroxyl groups excluding tert-OH is 1. The number of aliphatic hydroxyl groups is 1. The smallest absolute Gasteiger partial charge is 0.227 e. The first-order chi connectivity index (χ1) is 14.1. The summed E-state index contributed by atoms with van der Waals surface area (Å²) in [4.78, 5) is 19.8. The summed E-state index contributed by atoms with van der Waals surface area (Å²) in [6.45, 7) is 7.20. The molecule has 154 valence electrons. The summed E-state index contributed by atoms with van der Waals surface area (Å²) in [6, 6.07) is 20.7. The van der Waals surface area contributed by atoms with Crippen molar-refractivity contribution in [2.75, 3.05) is 39.3 Å². The molecule has 2 aliphatic heterocycles. The molecule has 29 heavy (non-hydrogen) atoms. The molecule has 0 unspecified atom stereocenters. The summed E-state index contributed by atoms with van der Waals surface area (Å²) < 4.78 is 0. The van der Waals surface area contributed by atoms with Crippen molar-refractivity contribution in [3.05, 3.63) is 71.8 Å². The Labute approximate surface area is 173 Å². The third-order valence-electron chi connectivity index (χ3n) is 6.35. The summed E-state index contributed by atoms with van der Waals surface area (Å²) in [6.07, 6.45) is 0.457. The van der Waals surface area contributed by atoms with Crippen molar-refractivity contribution in [2.24, 2.45) is 0 Å². The lowest BCUT2D eigenvalue weighted by molar-refractivity contribution is -0.140. The van der Waals surface area contributed by atoms with Crippen LogP contribution < -0.4 is 0 Å². The topological polar surface area (TPSA) is 47.0 Å². The Morgan fingerprint density at radius 2 is 1.66 bits per heavy atom. The predicted molar refractivity (Wildman–Crippen MR) is 114 cm³/mol. The molecule has 1 N–H and O–H groups in total. The van der Waals surface area contributed by atoms with Crippen LogP contribution in [0.2, 0.25) is 0 Å². The number of piperazine rings is 2. The zero-order chi connectivity index (χ0) is 20.3. The number of nitrogens with zero attached hydrogens (tertiary/aromatic N) is 3. The maximum atomic E-state index is 12.9. The Bertz CT molecular complexity index is 813. The molecule has 4 rings (SSSR count). The molecule has 2 heterocycles. The Morgan fingerprint density at radius 3 is 2.31 bits per heavy atom. The average molecular weight is 394 g/mol. The third kappa shape index (κ3) is 4.53. The number of fused-ring (bicyclic) bond motifs is 1. The lowest BCUT2D eigenvalue weighted by atomic mass is 9.91. The Hall–Kier alpha value is -2.21. The van der Waals surface area contributed by atoms with E-state index in [4.69, 9.17) is 0 Å². The molecule has 2 aromatic rings. The van der Waals surface area contributed by atoms with E-state index < -0.39 is 0 Å². The van der Waals surface area contributed by atoms with Gasteiger partial charge in [-0.25, -0.2) is 0 Å². The lowest BCUT2D eigenvalue weighted by Crippen LogP contribution is -2.72. The van der Waals surface area contributed by atoms with Crippen molar-refractivity contribution in [3.8, 4) is 0 Å². The first-order valence-corrected chi connectivity index (χ1v) is 10.5. The van der Waals surface area contributed by atoms with Gasteiger partial charge in [-0.3, -0.25) is 14.6 Å². The van der Waals surface area contributed by atoms with Gasteiger partial charge in [0.25, 0.3) is 0 Å². The van der Waals surface area contributed by atoms with Gasteiger partial charge < -0.3 is 10.0 Å². The fraction of sp³-hybridized carbons (Fsp3) is 0.458. The minimum absolute atomic E-state index is 0.132. The van der Waals surface area contributed by atoms with Gasteiger partial charge in [-0.15, -0.1) is 0 Å². The average Bonchev–Trinajstić information content (AvgIpc) is 2.75.